The van der Waals surface area contributed by atoms with Gasteiger partial charge in [0, 0.05) is 0 Å². The predicted octanol–water partition coefficient (Wildman–Crippen LogP) is 3.00. The molecule has 0 heterocycles. The Labute approximate surface area is 58.0 Å². The Balaban J connectivity index is 0.000000186. The average molecular weight is 124 g/mol. The van der Waals surface area contributed by atoms with Gasteiger partial charge in [-0.2, -0.15) is 0 Å². The molecule has 0 aliphatic heterocycles. The van der Waals surface area contributed by atoms with Gasteiger partial charge in [-0.15, -0.1) is 0 Å². The molecule has 1 saturated carbocycles. The molecule has 2 rings (SSSR count). The lowest BCUT2D eigenvalue weighted by molar-refractivity contribution is 0.574. The summed E-state index contributed by atoms with van der Waals surface area (Å²) >= 11 is 0. The van der Waals surface area contributed by atoms with E-state index >= 15 is 0 Å². The third-order valence-electron chi connectivity index (χ3n) is 2.37. The summed E-state index contributed by atoms with van der Waals surface area (Å²) in [6.07, 6.45) is 7.48. The molecule has 2 aliphatic rings. The van der Waals surface area contributed by atoms with Gasteiger partial charge in [-0.1, -0.05) is 32.9 Å². The van der Waals surface area contributed by atoms with Gasteiger partial charge in [0.2, 0.25) is 0 Å². The molecular formula is C9H16. The van der Waals surface area contributed by atoms with Gasteiger partial charge in [-0.3, -0.25) is 0 Å². The fraction of sp³-hybridized carbons (Fsp3) is 0.778. The standard InChI is InChI=1S/C7H10.C2H6/c1-7-4-2-3-6(7)5-7;1-2/h2-3,6H,4-5H2,1H3;1-2H3. The van der Waals surface area contributed by atoms with Gasteiger partial charge < -0.3 is 0 Å². The molecule has 0 heteroatoms. The van der Waals surface area contributed by atoms with Crippen molar-refractivity contribution >= 4 is 0 Å². The van der Waals surface area contributed by atoms with E-state index in [-0.39, 0.29) is 0 Å². The molecule has 0 aromatic carbocycles. The van der Waals surface area contributed by atoms with Crippen LogP contribution in [0.15, 0.2) is 12.2 Å². The Hall–Kier alpha value is -0.260. The fourth-order valence-corrected chi connectivity index (χ4v) is 1.48. The second-order valence-electron chi connectivity index (χ2n) is 3.10. The summed E-state index contributed by atoms with van der Waals surface area (Å²) in [5.74, 6) is 0.979. The van der Waals surface area contributed by atoms with Crippen molar-refractivity contribution in [2.75, 3.05) is 0 Å². The van der Waals surface area contributed by atoms with Crippen molar-refractivity contribution in [3.05, 3.63) is 12.2 Å². The highest BCUT2D eigenvalue weighted by molar-refractivity contribution is 5.18. The van der Waals surface area contributed by atoms with E-state index in [1.807, 2.05) is 13.8 Å². The second-order valence-corrected chi connectivity index (χ2v) is 3.10. The zero-order valence-electron chi connectivity index (χ0n) is 6.65. The highest BCUT2D eigenvalue weighted by Gasteiger charge is 2.49. The van der Waals surface area contributed by atoms with Crippen LogP contribution in [0.1, 0.15) is 33.6 Å². The first-order valence-corrected chi connectivity index (χ1v) is 3.98. The quantitative estimate of drug-likeness (QED) is 0.435. The minimum atomic E-state index is 0.750. The van der Waals surface area contributed by atoms with Crippen LogP contribution in [0.3, 0.4) is 0 Å². The smallest absolute Gasteiger partial charge is 0.0171 e. The van der Waals surface area contributed by atoms with Gasteiger partial charge in [0.05, 0.1) is 0 Å². The van der Waals surface area contributed by atoms with Crippen molar-refractivity contribution in [1.82, 2.24) is 0 Å². The molecule has 9 heavy (non-hydrogen) atoms. The van der Waals surface area contributed by atoms with Crippen LogP contribution in [0.2, 0.25) is 0 Å². The van der Waals surface area contributed by atoms with Gasteiger partial charge in [0.15, 0.2) is 0 Å². The molecule has 0 N–H and O–H groups in total. The van der Waals surface area contributed by atoms with Gasteiger partial charge in [0.1, 0.15) is 0 Å². The molecule has 52 valence electrons. The lowest BCUT2D eigenvalue weighted by Gasteiger charge is -1.96. The summed E-state index contributed by atoms with van der Waals surface area (Å²) in [6, 6.07) is 0. The minimum Gasteiger partial charge on any atom is -0.0877 e. The summed E-state index contributed by atoms with van der Waals surface area (Å²) in [4.78, 5) is 0. The van der Waals surface area contributed by atoms with E-state index in [9.17, 15) is 0 Å². The Morgan fingerprint density at radius 3 is 2.22 bits per heavy atom. The Kier molecular flexibility index (Phi) is 1.65. The Bertz CT molecular complexity index is 124. The van der Waals surface area contributed by atoms with Crippen LogP contribution in [-0.4, -0.2) is 0 Å². The van der Waals surface area contributed by atoms with Gasteiger partial charge in [-0.05, 0) is 24.2 Å². The van der Waals surface area contributed by atoms with E-state index in [0.29, 0.717) is 0 Å². The zero-order chi connectivity index (χ0) is 6.91. The summed E-state index contributed by atoms with van der Waals surface area (Å²) in [7, 11) is 0. The topological polar surface area (TPSA) is 0 Å². The lowest BCUT2D eigenvalue weighted by Crippen LogP contribution is -1.86. The van der Waals surface area contributed by atoms with Crippen LogP contribution in [0.25, 0.3) is 0 Å². The van der Waals surface area contributed by atoms with Crippen molar-refractivity contribution in [2.45, 2.75) is 33.6 Å². The summed E-state index contributed by atoms with van der Waals surface area (Å²) in [5.41, 5.74) is 0.750. The Morgan fingerprint density at radius 2 is 2.11 bits per heavy atom. The van der Waals surface area contributed by atoms with Crippen molar-refractivity contribution in [3.63, 3.8) is 0 Å². The molecule has 1 fully saturated rings. The molecule has 2 aliphatic carbocycles. The SMILES string of the molecule is CC.CC12CC=CC1C2. The maximum absolute atomic E-state index is 2.37. The molecule has 0 aromatic heterocycles. The van der Waals surface area contributed by atoms with Crippen LogP contribution < -0.4 is 0 Å². The highest BCUT2D eigenvalue weighted by atomic mass is 14.5. The summed E-state index contributed by atoms with van der Waals surface area (Å²) in [5, 5.41) is 0. The molecule has 0 spiro atoms. The predicted molar refractivity (Wildman–Crippen MR) is 41.3 cm³/mol. The third-order valence-corrected chi connectivity index (χ3v) is 2.37. The molecule has 0 saturated heterocycles. The number of fused-ring (bicyclic) bond motifs is 1. The largest absolute Gasteiger partial charge is 0.0877 e. The minimum absolute atomic E-state index is 0.750. The fourth-order valence-electron chi connectivity index (χ4n) is 1.48. The molecule has 2 atom stereocenters. The van der Waals surface area contributed by atoms with Crippen molar-refractivity contribution in [3.8, 4) is 0 Å². The van der Waals surface area contributed by atoms with Gasteiger partial charge >= 0.3 is 0 Å². The number of hydrogen-bond donors (Lipinski definition) is 0. The molecule has 0 amide bonds. The van der Waals surface area contributed by atoms with E-state index in [0.717, 1.165) is 11.3 Å². The van der Waals surface area contributed by atoms with Crippen LogP contribution in [0.4, 0.5) is 0 Å². The van der Waals surface area contributed by atoms with Crippen LogP contribution >= 0.6 is 0 Å². The van der Waals surface area contributed by atoms with E-state index in [2.05, 4.69) is 19.1 Å². The van der Waals surface area contributed by atoms with Gasteiger partial charge in [-0.25, -0.2) is 0 Å². The molecule has 0 bridgehead atoms. The summed E-state index contributed by atoms with van der Waals surface area (Å²) in [6.45, 7) is 6.37. The first-order chi connectivity index (χ1) is 4.31. The van der Waals surface area contributed by atoms with E-state index in [1.54, 1.807) is 0 Å². The number of hydrogen-bond acceptors (Lipinski definition) is 0. The van der Waals surface area contributed by atoms with Crippen molar-refractivity contribution < 1.29 is 0 Å². The average Bonchev–Trinajstić information content (AvgIpc) is 2.38. The van der Waals surface area contributed by atoms with E-state index < -0.39 is 0 Å². The van der Waals surface area contributed by atoms with E-state index in [1.165, 1.54) is 12.8 Å². The van der Waals surface area contributed by atoms with Crippen molar-refractivity contribution in [1.29, 1.82) is 0 Å². The third kappa shape index (κ3) is 1.03. The molecule has 0 radical (unpaired) electrons. The first-order valence-electron chi connectivity index (χ1n) is 3.98. The maximum atomic E-state index is 2.37. The zero-order valence-corrected chi connectivity index (χ0v) is 6.65. The van der Waals surface area contributed by atoms with Crippen LogP contribution in [0, 0.1) is 11.3 Å². The first kappa shape index (κ1) is 6.85. The normalized spacial score (nSPS) is 43.2. The van der Waals surface area contributed by atoms with E-state index in [4.69, 9.17) is 0 Å². The number of allylic oxidation sites excluding steroid dienone is 2. The second kappa shape index (κ2) is 2.17. The molecule has 2 unspecified atom stereocenters. The molecular weight excluding hydrogens is 108 g/mol. The van der Waals surface area contributed by atoms with Crippen LogP contribution in [-0.2, 0) is 0 Å². The van der Waals surface area contributed by atoms with Crippen molar-refractivity contribution in [2.24, 2.45) is 11.3 Å². The maximum Gasteiger partial charge on any atom is -0.0171 e. The van der Waals surface area contributed by atoms with Crippen LogP contribution in [0.5, 0.6) is 0 Å². The summed E-state index contributed by atoms with van der Waals surface area (Å²) < 4.78 is 0. The lowest BCUT2D eigenvalue weighted by atomic mass is 10.1. The molecule has 0 nitrogen and oxygen atoms in total. The molecule has 0 aromatic rings. The number of rotatable bonds is 0. The Morgan fingerprint density at radius 1 is 1.44 bits per heavy atom. The monoisotopic (exact) mass is 124 g/mol. The highest BCUT2D eigenvalue weighted by Crippen LogP contribution is 2.59. The van der Waals surface area contributed by atoms with Gasteiger partial charge in [0.25, 0.3) is 0 Å².